The second-order valence-electron chi connectivity index (χ2n) is 3.41. The van der Waals surface area contributed by atoms with Crippen LogP contribution in [0.5, 0.6) is 11.5 Å². The SMILES string of the molecule is COc1ccc([N+](=O)[O-])c(OC2CC2)c1. The zero-order chi connectivity index (χ0) is 10.8. The van der Waals surface area contributed by atoms with Gasteiger partial charge in [-0.15, -0.1) is 0 Å². The maximum atomic E-state index is 10.7. The summed E-state index contributed by atoms with van der Waals surface area (Å²) in [6.45, 7) is 0. The molecule has 1 aliphatic carbocycles. The zero-order valence-corrected chi connectivity index (χ0v) is 8.30. The first kappa shape index (κ1) is 9.76. The summed E-state index contributed by atoms with van der Waals surface area (Å²) in [4.78, 5) is 10.3. The van der Waals surface area contributed by atoms with Crippen LogP contribution in [0.25, 0.3) is 0 Å². The average molecular weight is 209 g/mol. The Labute approximate surface area is 86.8 Å². The molecule has 80 valence electrons. The molecule has 15 heavy (non-hydrogen) atoms. The third-order valence-corrected chi connectivity index (χ3v) is 2.18. The topological polar surface area (TPSA) is 61.6 Å². The van der Waals surface area contributed by atoms with Crippen molar-refractivity contribution in [3.05, 3.63) is 28.3 Å². The number of nitro groups is 1. The molecule has 0 unspecified atom stereocenters. The van der Waals surface area contributed by atoms with E-state index in [1.54, 1.807) is 12.1 Å². The van der Waals surface area contributed by atoms with E-state index >= 15 is 0 Å². The van der Waals surface area contributed by atoms with E-state index in [1.165, 1.54) is 13.2 Å². The first-order chi connectivity index (χ1) is 7.20. The number of ether oxygens (including phenoxy) is 2. The summed E-state index contributed by atoms with van der Waals surface area (Å²) < 4.78 is 10.4. The van der Waals surface area contributed by atoms with Crippen molar-refractivity contribution in [2.45, 2.75) is 18.9 Å². The molecule has 0 aromatic heterocycles. The fourth-order valence-electron chi connectivity index (χ4n) is 1.23. The number of rotatable bonds is 4. The molecule has 0 amide bonds. The van der Waals surface area contributed by atoms with E-state index in [-0.39, 0.29) is 11.8 Å². The Morgan fingerprint density at radius 3 is 2.73 bits per heavy atom. The number of nitrogens with zero attached hydrogens (tertiary/aromatic N) is 1. The lowest BCUT2D eigenvalue weighted by Gasteiger charge is -2.06. The quantitative estimate of drug-likeness (QED) is 0.563. The molecule has 2 rings (SSSR count). The van der Waals surface area contributed by atoms with E-state index in [2.05, 4.69) is 0 Å². The van der Waals surface area contributed by atoms with Gasteiger partial charge in [-0.2, -0.15) is 0 Å². The summed E-state index contributed by atoms with van der Waals surface area (Å²) in [5.41, 5.74) is -0.0114. The Morgan fingerprint density at radius 1 is 1.47 bits per heavy atom. The summed E-state index contributed by atoms with van der Waals surface area (Å²) in [5.74, 6) is 0.859. The minimum absolute atomic E-state index is 0.0114. The van der Waals surface area contributed by atoms with Crippen molar-refractivity contribution in [3.8, 4) is 11.5 Å². The molecule has 0 aliphatic heterocycles. The predicted molar refractivity (Wildman–Crippen MR) is 53.3 cm³/mol. The highest BCUT2D eigenvalue weighted by Gasteiger charge is 2.27. The van der Waals surface area contributed by atoms with Crippen molar-refractivity contribution in [2.24, 2.45) is 0 Å². The van der Waals surface area contributed by atoms with Crippen molar-refractivity contribution in [3.63, 3.8) is 0 Å². The van der Waals surface area contributed by atoms with Crippen molar-refractivity contribution in [1.29, 1.82) is 0 Å². The maximum Gasteiger partial charge on any atom is 0.311 e. The molecule has 0 heterocycles. The third-order valence-electron chi connectivity index (χ3n) is 2.18. The van der Waals surface area contributed by atoms with Gasteiger partial charge in [-0.3, -0.25) is 10.1 Å². The van der Waals surface area contributed by atoms with Crippen LogP contribution in [0.15, 0.2) is 18.2 Å². The summed E-state index contributed by atoms with van der Waals surface area (Å²) in [5, 5.41) is 10.7. The van der Waals surface area contributed by atoms with Gasteiger partial charge in [0.15, 0.2) is 0 Å². The van der Waals surface area contributed by atoms with Gasteiger partial charge in [0.1, 0.15) is 5.75 Å². The Bertz CT molecular complexity index is 387. The maximum absolute atomic E-state index is 10.7. The Hall–Kier alpha value is -1.78. The molecule has 1 aromatic rings. The molecule has 5 heteroatoms. The smallest absolute Gasteiger partial charge is 0.311 e. The largest absolute Gasteiger partial charge is 0.497 e. The average Bonchev–Trinajstić information content (AvgIpc) is 3.01. The molecule has 0 saturated heterocycles. The Kier molecular flexibility index (Phi) is 2.45. The molecule has 5 nitrogen and oxygen atoms in total. The first-order valence-corrected chi connectivity index (χ1v) is 4.70. The summed E-state index contributed by atoms with van der Waals surface area (Å²) in [6, 6.07) is 4.50. The van der Waals surface area contributed by atoms with Crippen LogP contribution in [0.4, 0.5) is 5.69 Å². The number of nitro benzene ring substituents is 1. The number of hydrogen-bond donors (Lipinski definition) is 0. The standard InChI is InChI=1S/C10H11NO4/c1-14-8-4-5-9(11(12)13)10(6-8)15-7-2-3-7/h4-7H,2-3H2,1H3. The fraction of sp³-hybridized carbons (Fsp3) is 0.400. The molecular formula is C10H11NO4. The molecule has 0 bridgehead atoms. The van der Waals surface area contributed by atoms with Gasteiger partial charge in [0.2, 0.25) is 5.75 Å². The molecule has 1 fully saturated rings. The van der Waals surface area contributed by atoms with Gasteiger partial charge >= 0.3 is 5.69 Å². The second-order valence-corrected chi connectivity index (χ2v) is 3.41. The van der Waals surface area contributed by atoms with Crippen molar-refractivity contribution >= 4 is 5.69 Å². The van der Waals surface area contributed by atoms with E-state index in [0.717, 1.165) is 12.8 Å². The molecule has 0 N–H and O–H groups in total. The van der Waals surface area contributed by atoms with Gasteiger partial charge in [-0.1, -0.05) is 0 Å². The highest BCUT2D eigenvalue weighted by molar-refractivity contribution is 5.50. The lowest BCUT2D eigenvalue weighted by molar-refractivity contribution is -0.386. The van der Waals surface area contributed by atoms with Gasteiger partial charge in [-0.25, -0.2) is 0 Å². The predicted octanol–water partition coefficient (Wildman–Crippen LogP) is 2.14. The van der Waals surface area contributed by atoms with Gasteiger partial charge in [0, 0.05) is 12.1 Å². The first-order valence-electron chi connectivity index (χ1n) is 4.70. The van der Waals surface area contributed by atoms with E-state index in [9.17, 15) is 10.1 Å². The summed E-state index contributed by atoms with van der Waals surface area (Å²) >= 11 is 0. The van der Waals surface area contributed by atoms with Crippen LogP contribution in [-0.4, -0.2) is 18.1 Å². The van der Waals surface area contributed by atoms with E-state index in [4.69, 9.17) is 9.47 Å². The van der Waals surface area contributed by atoms with Gasteiger partial charge in [0.05, 0.1) is 18.1 Å². The van der Waals surface area contributed by atoms with E-state index < -0.39 is 4.92 Å². The van der Waals surface area contributed by atoms with E-state index in [0.29, 0.717) is 11.5 Å². The van der Waals surface area contributed by atoms with Crippen LogP contribution < -0.4 is 9.47 Å². The van der Waals surface area contributed by atoms with Crippen molar-refractivity contribution in [2.75, 3.05) is 7.11 Å². The molecule has 0 radical (unpaired) electrons. The number of benzene rings is 1. The van der Waals surface area contributed by atoms with Crippen LogP contribution >= 0.6 is 0 Å². The van der Waals surface area contributed by atoms with Crippen molar-refractivity contribution < 1.29 is 14.4 Å². The van der Waals surface area contributed by atoms with Crippen LogP contribution in [0.3, 0.4) is 0 Å². The van der Waals surface area contributed by atoms with Crippen LogP contribution in [0.1, 0.15) is 12.8 Å². The second kappa shape index (κ2) is 3.76. The van der Waals surface area contributed by atoms with Crippen molar-refractivity contribution in [1.82, 2.24) is 0 Å². The minimum atomic E-state index is -0.447. The Balaban J connectivity index is 2.30. The van der Waals surface area contributed by atoms with E-state index in [1.807, 2.05) is 0 Å². The molecule has 1 aromatic carbocycles. The normalized spacial score (nSPS) is 14.7. The van der Waals surface area contributed by atoms with Gasteiger partial charge < -0.3 is 9.47 Å². The highest BCUT2D eigenvalue weighted by atomic mass is 16.6. The number of hydrogen-bond acceptors (Lipinski definition) is 4. The monoisotopic (exact) mass is 209 g/mol. The minimum Gasteiger partial charge on any atom is -0.497 e. The Morgan fingerprint density at radius 2 is 2.20 bits per heavy atom. The molecule has 1 aliphatic rings. The highest BCUT2D eigenvalue weighted by Crippen LogP contribution is 2.35. The lowest BCUT2D eigenvalue weighted by Crippen LogP contribution is -2.00. The lowest BCUT2D eigenvalue weighted by atomic mass is 10.3. The molecule has 0 atom stereocenters. The van der Waals surface area contributed by atoms with Gasteiger partial charge in [-0.05, 0) is 18.9 Å². The summed E-state index contributed by atoms with van der Waals surface area (Å²) in [6.07, 6.45) is 2.07. The van der Waals surface area contributed by atoms with Gasteiger partial charge in [0.25, 0.3) is 0 Å². The zero-order valence-electron chi connectivity index (χ0n) is 8.30. The molecule has 0 spiro atoms. The van der Waals surface area contributed by atoms with Crippen LogP contribution in [-0.2, 0) is 0 Å². The third kappa shape index (κ3) is 2.18. The van der Waals surface area contributed by atoms with Crippen LogP contribution in [0.2, 0.25) is 0 Å². The molecular weight excluding hydrogens is 198 g/mol. The van der Waals surface area contributed by atoms with Crippen LogP contribution in [0, 0.1) is 10.1 Å². The molecule has 1 saturated carbocycles. The fourth-order valence-corrected chi connectivity index (χ4v) is 1.23. The summed E-state index contributed by atoms with van der Waals surface area (Å²) in [7, 11) is 1.52. The number of methoxy groups -OCH3 is 1.